The Bertz CT molecular complexity index is 565. The van der Waals surface area contributed by atoms with E-state index < -0.39 is 10.8 Å². The van der Waals surface area contributed by atoms with Crippen LogP contribution in [0.3, 0.4) is 0 Å². The first kappa shape index (κ1) is 17.8. The van der Waals surface area contributed by atoms with Gasteiger partial charge in [0.15, 0.2) is 0 Å². The van der Waals surface area contributed by atoms with Crippen LogP contribution in [0.1, 0.15) is 26.3 Å². The first-order valence-corrected chi connectivity index (χ1v) is 9.55. The van der Waals surface area contributed by atoms with Crippen molar-refractivity contribution in [2.45, 2.75) is 38.5 Å². The van der Waals surface area contributed by atoms with Crippen LogP contribution in [-0.2, 0) is 17.2 Å². The predicted molar refractivity (Wildman–Crippen MR) is 93.4 cm³/mol. The Morgan fingerprint density at radius 1 is 1.39 bits per heavy atom. The smallest absolute Gasteiger partial charge is 0.317 e. The fourth-order valence-corrected chi connectivity index (χ4v) is 4.08. The van der Waals surface area contributed by atoms with Crippen LogP contribution in [0.4, 0.5) is 4.79 Å². The van der Waals surface area contributed by atoms with Crippen molar-refractivity contribution >= 4 is 16.8 Å². The van der Waals surface area contributed by atoms with E-state index in [2.05, 4.69) is 5.32 Å². The molecule has 1 aromatic rings. The summed E-state index contributed by atoms with van der Waals surface area (Å²) in [7, 11) is -0.831. The van der Waals surface area contributed by atoms with Gasteiger partial charge in [-0.25, -0.2) is 4.79 Å². The standard InChI is InChI=1S/C17H26N2O3S/c1-4-22-16-8-6-5-7-15(16)9-10-18-17(20)19-11-12-23(21)14(3)13(19)2/h5-8,13-14H,4,9-12H2,1-3H3,(H,18,20)/t13-,14+,23+/m1/s1. The Labute approximate surface area is 140 Å². The van der Waals surface area contributed by atoms with Crippen molar-refractivity contribution < 1.29 is 13.7 Å². The molecule has 2 rings (SSSR count). The predicted octanol–water partition coefficient (Wildman–Crippen LogP) is 2.18. The number of hydrogen-bond acceptors (Lipinski definition) is 3. The van der Waals surface area contributed by atoms with Crippen LogP contribution < -0.4 is 10.1 Å². The normalized spacial score (nSPS) is 24.3. The van der Waals surface area contributed by atoms with E-state index >= 15 is 0 Å². The molecule has 0 bridgehead atoms. The molecule has 0 unspecified atom stereocenters. The molecule has 23 heavy (non-hydrogen) atoms. The minimum absolute atomic E-state index is 0.000273. The number of rotatable bonds is 5. The summed E-state index contributed by atoms with van der Waals surface area (Å²) in [5, 5.41) is 2.99. The minimum Gasteiger partial charge on any atom is -0.494 e. The Balaban J connectivity index is 1.87. The van der Waals surface area contributed by atoms with Gasteiger partial charge in [0.05, 0.1) is 11.9 Å². The molecule has 128 valence electrons. The lowest BCUT2D eigenvalue weighted by molar-refractivity contribution is 0.179. The average molecular weight is 338 g/mol. The summed E-state index contributed by atoms with van der Waals surface area (Å²) >= 11 is 0. The maximum absolute atomic E-state index is 12.3. The van der Waals surface area contributed by atoms with Crippen LogP contribution in [0.15, 0.2) is 24.3 Å². The Morgan fingerprint density at radius 2 is 2.13 bits per heavy atom. The molecule has 0 saturated carbocycles. The van der Waals surface area contributed by atoms with E-state index in [-0.39, 0.29) is 17.3 Å². The van der Waals surface area contributed by atoms with E-state index in [1.807, 2.05) is 45.0 Å². The number of nitrogens with zero attached hydrogens (tertiary/aromatic N) is 1. The van der Waals surface area contributed by atoms with Crippen molar-refractivity contribution in [3.63, 3.8) is 0 Å². The summed E-state index contributed by atoms with van der Waals surface area (Å²) in [5.41, 5.74) is 1.09. The molecule has 1 heterocycles. The van der Waals surface area contributed by atoms with Gasteiger partial charge in [-0.1, -0.05) is 18.2 Å². The molecule has 1 N–H and O–H groups in total. The number of ether oxygens (including phenoxy) is 1. The summed E-state index contributed by atoms with van der Waals surface area (Å²) < 4.78 is 17.4. The average Bonchev–Trinajstić information content (AvgIpc) is 2.54. The molecule has 1 aliphatic heterocycles. The van der Waals surface area contributed by atoms with Crippen LogP contribution in [-0.4, -0.2) is 51.9 Å². The SMILES string of the molecule is CCOc1ccccc1CCNC(=O)N1CC[S@](=O)[C@@H](C)[C@H]1C. The number of urea groups is 1. The third-order valence-electron chi connectivity index (χ3n) is 4.32. The second kappa shape index (κ2) is 8.34. The first-order chi connectivity index (χ1) is 11.0. The lowest BCUT2D eigenvalue weighted by Crippen LogP contribution is -2.55. The highest BCUT2D eigenvalue weighted by Crippen LogP contribution is 2.19. The van der Waals surface area contributed by atoms with Gasteiger partial charge < -0.3 is 15.0 Å². The summed E-state index contributed by atoms with van der Waals surface area (Å²) in [6, 6.07) is 7.82. The molecule has 6 heteroatoms. The van der Waals surface area contributed by atoms with Gasteiger partial charge in [-0.3, -0.25) is 4.21 Å². The topological polar surface area (TPSA) is 58.6 Å². The number of para-hydroxylation sites is 1. The molecule has 1 fully saturated rings. The number of carbonyl (C=O) groups is 1. The molecule has 1 saturated heterocycles. The van der Waals surface area contributed by atoms with E-state index in [9.17, 15) is 9.00 Å². The van der Waals surface area contributed by atoms with Crippen molar-refractivity contribution in [1.29, 1.82) is 0 Å². The zero-order valence-corrected chi connectivity index (χ0v) is 14.9. The van der Waals surface area contributed by atoms with E-state index in [0.717, 1.165) is 17.7 Å². The Kier molecular flexibility index (Phi) is 6.45. The maximum atomic E-state index is 12.3. The van der Waals surface area contributed by atoms with E-state index in [1.165, 1.54) is 0 Å². The molecule has 1 aliphatic rings. The molecule has 5 nitrogen and oxygen atoms in total. The summed E-state index contributed by atoms with van der Waals surface area (Å²) in [6.07, 6.45) is 0.728. The number of amides is 2. The molecule has 1 aromatic carbocycles. The lowest BCUT2D eigenvalue weighted by Gasteiger charge is -2.37. The van der Waals surface area contributed by atoms with Gasteiger partial charge >= 0.3 is 6.03 Å². The Morgan fingerprint density at radius 3 is 2.87 bits per heavy atom. The maximum Gasteiger partial charge on any atom is 0.317 e. The summed E-state index contributed by atoms with van der Waals surface area (Å²) in [6.45, 7) is 7.61. The highest BCUT2D eigenvalue weighted by atomic mass is 32.2. The molecular formula is C17H26N2O3S. The summed E-state index contributed by atoms with van der Waals surface area (Å²) in [5.74, 6) is 1.44. The third kappa shape index (κ3) is 4.47. The molecule has 0 radical (unpaired) electrons. The van der Waals surface area contributed by atoms with E-state index in [4.69, 9.17) is 4.74 Å². The molecule has 3 atom stereocenters. The molecule has 0 aromatic heterocycles. The van der Waals surface area contributed by atoms with E-state index in [0.29, 0.717) is 25.4 Å². The van der Waals surface area contributed by atoms with Gasteiger partial charge in [0.2, 0.25) is 0 Å². The molecular weight excluding hydrogens is 312 g/mol. The minimum atomic E-state index is -0.831. The second-order valence-electron chi connectivity index (χ2n) is 5.75. The van der Waals surface area contributed by atoms with Gasteiger partial charge in [-0.2, -0.15) is 0 Å². The van der Waals surface area contributed by atoms with Gasteiger partial charge in [0.1, 0.15) is 5.75 Å². The molecule has 0 spiro atoms. The fraction of sp³-hybridized carbons (Fsp3) is 0.588. The highest BCUT2D eigenvalue weighted by Gasteiger charge is 2.32. The van der Waals surface area contributed by atoms with Crippen molar-refractivity contribution in [2.75, 3.05) is 25.4 Å². The second-order valence-corrected chi connectivity index (χ2v) is 7.66. The quantitative estimate of drug-likeness (QED) is 0.895. The summed E-state index contributed by atoms with van der Waals surface area (Å²) in [4.78, 5) is 14.1. The van der Waals surface area contributed by atoms with Gasteiger partial charge in [-0.05, 0) is 38.8 Å². The Hall–Kier alpha value is -1.56. The first-order valence-electron chi connectivity index (χ1n) is 8.17. The number of nitrogens with one attached hydrogen (secondary N) is 1. The zero-order valence-electron chi connectivity index (χ0n) is 14.1. The van der Waals surface area contributed by atoms with Crippen molar-refractivity contribution in [3.8, 4) is 5.75 Å². The number of hydrogen-bond donors (Lipinski definition) is 1. The molecule has 2 amide bonds. The van der Waals surface area contributed by atoms with Crippen molar-refractivity contribution in [2.24, 2.45) is 0 Å². The third-order valence-corrected chi connectivity index (χ3v) is 6.13. The van der Waals surface area contributed by atoms with Gasteiger partial charge in [-0.15, -0.1) is 0 Å². The van der Waals surface area contributed by atoms with Gasteiger partial charge in [0.25, 0.3) is 0 Å². The monoisotopic (exact) mass is 338 g/mol. The van der Waals surface area contributed by atoms with Crippen molar-refractivity contribution in [3.05, 3.63) is 29.8 Å². The fourth-order valence-electron chi connectivity index (χ4n) is 2.75. The molecule has 0 aliphatic carbocycles. The lowest BCUT2D eigenvalue weighted by atomic mass is 10.1. The largest absolute Gasteiger partial charge is 0.494 e. The van der Waals surface area contributed by atoms with Crippen molar-refractivity contribution in [1.82, 2.24) is 10.2 Å². The van der Waals surface area contributed by atoms with E-state index in [1.54, 1.807) is 4.90 Å². The zero-order chi connectivity index (χ0) is 16.8. The van der Waals surface area contributed by atoms with Crippen LogP contribution in [0.5, 0.6) is 5.75 Å². The van der Waals surface area contributed by atoms with Crippen LogP contribution in [0, 0.1) is 0 Å². The van der Waals surface area contributed by atoms with Crippen LogP contribution >= 0.6 is 0 Å². The number of carbonyl (C=O) groups excluding carboxylic acids is 1. The highest BCUT2D eigenvalue weighted by molar-refractivity contribution is 7.85. The van der Waals surface area contributed by atoms with Crippen LogP contribution in [0.25, 0.3) is 0 Å². The number of benzene rings is 1. The van der Waals surface area contributed by atoms with Crippen LogP contribution in [0.2, 0.25) is 0 Å². The van der Waals surface area contributed by atoms with Gasteiger partial charge in [0, 0.05) is 35.7 Å².